The van der Waals surface area contributed by atoms with E-state index >= 15 is 0 Å². The Hall–Kier alpha value is -3.10. The largest absolute Gasteiger partial charge is 0.497 e. The molecule has 0 amide bonds. The number of nitroso groups, excluding NO2 is 1. The van der Waals surface area contributed by atoms with Gasteiger partial charge in [0.05, 0.1) is 19.9 Å². The Kier molecular flexibility index (Phi) is 3.74. The number of aromatic amines is 1. The van der Waals surface area contributed by atoms with Crippen molar-refractivity contribution < 1.29 is 14.6 Å². The smallest absolute Gasteiger partial charge is 0.336 e. The number of nitrogens with one attached hydrogen (secondary N) is 1. The molecule has 1 aromatic carbocycles. The van der Waals surface area contributed by atoms with Crippen LogP contribution in [0.4, 0.5) is 5.69 Å². The summed E-state index contributed by atoms with van der Waals surface area (Å²) in [5.41, 5.74) is -2.75. The number of ether oxygens (including phenoxy) is 2. The topological polar surface area (TPSA) is 123 Å². The Bertz CT molecular complexity index is 808. The van der Waals surface area contributed by atoms with Crippen molar-refractivity contribution in [3.8, 4) is 23.1 Å². The van der Waals surface area contributed by atoms with Crippen molar-refractivity contribution in [2.24, 2.45) is 5.18 Å². The number of methoxy groups -OCH3 is 2. The van der Waals surface area contributed by atoms with E-state index in [0.29, 0.717) is 10.3 Å². The molecule has 0 bridgehead atoms. The van der Waals surface area contributed by atoms with Crippen molar-refractivity contribution in [1.29, 1.82) is 0 Å². The Labute approximate surface area is 117 Å². The second-order valence-electron chi connectivity index (χ2n) is 3.90. The number of rotatable bonds is 4. The average Bonchev–Trinajstić information content (AvgIpc) is 2.47. The lowest BCUT2D eigenvalue weighted by molar-refractivity contribution is 0.394. The van der Waals surface area contributed by atoms with Gasteiger partial charge in [0.2, 0.25) is 11.6 Å². The van der Waals surface area contributed by atoms with Crippen LogP contribution in [0.1, 0.15) is 0 Å². The van der Waals surface area contributed by atoms with Gasteiger partial charge in [-0.1, -0.05) is 0 Å². The van der Waals surface area contributed by atoms with Gasteiger partial charge in [0.1, 0.15) is 11.5 Å². The van der Waals surface area contributed by atoms with Gasteiger partial charge in [0.25, 0.3) is 5.56 Å². The zero-order valence-corrected chi connectivity index (χ0v) is 11.1. The molecule has 0 aliphatic rings. The summed E-state index contributed by atoms with van der Waals surface area (Å²) >= 11 is 0. The number of hydrogen-bond acceptors (Lipinski definition) is 7. The van der Waals surface area contributed by atoms with Crippen LogP contribution in [-0.4, -0.2) is 28.9 Å². The predicted octanol–water partition coefficient (Wildman–Crippen LogP) is 0.646. The van der Waals surface area contributed by atoms with Crippen LogP contribution in [0.15, 0.2) is 33.0 Å². The van der Waals surface area contributed by atoms with Crippen molar-refractivity contribution >= 4 is 5.69 Å². The van der Waals surface area contributed by atoms with Gasteiger partial charge in [-0.25, -0.2) is 9.36 Å². The summed E-state index contributed by atoms with van der Waals surface area (Å²) in [6.07, 6.45) is 0. The molecule has 2 N–H and O–H groups in total. The molecule has 0 radical (unpaired) electrons. The van der Waals surface area contributed by atoms with E-state index in [1.54, 1.807) is 6.07 Å². The maximum atomic E-state index is 11.9. The fraction of sp³-hybridized carbons (Fsp3) is 0.167. The maximum Gasteiger partial charge on any atom is 0.336 e. The second-order valence-corrected chi connectivity index (χ2v) is 3.90. The van der Waals surface area contributed by atoms with Gasteiger partial charge in [0.15, 0.2) is 0 Å². The molecular weight excluding hydrogens is 282 g/mol. The molecule has 0 unspecified atom stereocenters. The molecule has 0 aliphatic heterocycles. The van der Waals surface area contributed by atoms with Gasteiger partial charge in [-0.3, -0.25) is 9.78 Å². The molecule has 0 fully saturated rings. The highest BCUT2D eigenvalue weighted by Gasteiger charge is 2.19. The van der Waals surface area contributed by atoms with E-state index in [2.05, 4.69) is 5.18 Å². The molecule has 1 heterocycles. The third-order valence-corrected chi connectivity index (χ3v) is 2.78. The third kappa shape index (κ3) is 2.36. The van der Waals surface area contributed by atoms with E-state index in [-0.39, 0.29) is 11.4 Å². The molecule has 9 heteroatoms. The Balaban J connectivity index is 2.87. The fourth-order valence-electron chi connectivity index (χ4n) is 1.79. The molecule has 9 nitrogen and oxygen atoms in total. The van der Waals surface area contributed by atoms with E-state index in [9.17, 15) is 19.6 Å². The van der Waals surface area contributed by atoms with Gasteiger partial charge in [-0.2, -0.15) is 0 Å². The monoisotopic (exact) mass is 293 g/mol. The highest BCUT2D eigenvalue weighted by atomic mass is 16.5. The molecule has 1 aromatic heterocycles. The first-order valence-corrected chi connectivity index (χ1v) is 5.67. The molecule has 110 valence electrons. The van der Waals surface area contributed by atoms with Crippen molar-refractivity contribution in [2.45, 2.75) is 0 Å². The maximum absolute atomic E-state index is 11.9. The zero-order chi connectivity index (χ0) is 15.6. The predicted molar refractivity (Wildman–Crippen MR) is 72.9 cm³/mol. The van der Waals surface area contributed by atoms with Crippen LogP contribution in [-0.2, 0) is 0 Å². The van der Waals surface area contributed by atoms with Gasteiger partial charge in [-0.05, 0) is 17.3 Å². The minimum absolute atomic E-state index is 0.0838. The van der Waals surface area contributed by atoms with Crippen molar-refractivity contribution in [3.05, 3.63) is 43.9 Å². The molecular formula is C12H11N3O6. The molecule has 0 saturated carbocycles. The minimum Gasteiger partial charge on any atom is -0.497 e. The standard InChI is InChI=1S/C12H11N3O6/c1-20-6-3-4-8(21-2)7(5-6)15-11(17)9(14-19)10(16)13-12(15)18/h3-5,17H,1-2H3,(H,13,16,18). The molecule has 0 spiro atoms. The van der Waals surface area contributed by atoms with Gasteiger partial charge in [0, 0.05) is 6.07 Å². The molecule has 0 aliphatic carbocycles. The van der Waals surface area contributed by atoms with E-state index in [4.69, 9.17) is 9.47 Å². The Morgan fingerprint density at radius 2 is 1.95 bits per heavy atom. The number of benzene rings is 1. The normalized spacial score (nSPS) is 10.2. The molecule has 2 aromatic rings. The van der Waals surface area contributed by atoms with Gasteiger partial charge < -0.3 is 14.6 Å². The number of hydrogen-bond donors (Lipinski definition) is 2. The number of aromatic hydroxyl groups is 1. The first kappa shape index (κ1) is 14.3. The van der Waals surface area contributed by atoms with Crippen LogP contribution in [0.5, 0.6) is 17.4 Å². The summed E-state index contributed by atoms with van der Waals surface area (Å²) in [5.74, 6) is -0.286. The van der Waals surface area contributed by atoms with Crippen LogP contribution in [0.3, 0.4) is 0 Å². The second kappa shape index (κ2) is 5.49. The van der Waals surface area contributed by atoms with Crippen molar-refractivity contribution in [2.75, 3.05) is 14.2 Å². The summed E-state index contributed by atoms with van der Waals surface area (Å²) in [6.45, 7) is 0. The Morgan fingerprint density at radius 1 is 1.24 bits per heavy atom. The van der Waals surface area contributed by atoms with Crippen LogP contribution in [0, 0.1) is 4.91 Å². The Morgan fingerprint density at radius 3 is 2.52 bits per heavy atom. The highest BCUT2D eigenvalue weighted by molar-refractivity contribution is 5.56. The number of nitrogens with zero attached hydrogens (tertiary/aromatic N) is 2. The number of H-pyrrole nitrogens is 1. The lowest BCUT2D eigenvalue weighted by atomic mass is 10.2. The van der Waals surface area contributed by atoms with Crippen LogP contribution in [0.25, 0.3) is 5.69 Å². The summed E-state index contributed by atoms with van der Waals surface area (Å²) in [5, 5.41) is 12.4. The summed E-state index contributed by atoms with van der Waals surface area (Å²) < 4.78 is 10.8. The van der Waals surface area contributed by atoms with E-state index in [1.165, 1.54) is 26.4 Å². The summed E-state index contributed by atoms with van der Waals surface area (Å²) in [7, 11) is 2.78. The average molecular weight is 293 g/mol. The van der Waals surface area contributed by atoms with Gasteiger partial charge >= 0.3 is 5.69 Å². The molecule has 21 heavy (non-hydrogen) atoms. The summed E-state index contributed by atoms with van der Waals surface area (Å²) in [6, 6.07) is 4.47. The lowest BCUT2D eigenvalue weighted by Crippen LogP contribution is -2.28. The van der Waals surface area contributed by atoms with Crippen LogP contribution >= 0.6 is 0 Å². The van der Waals surface area contributed by atoms with Crippen molar-refractivity contribution in [3.63, 3.8) is 0 Å². The van der Waals surface area contributed by atoms with Crippen molar-refractivity contribution in [1.82, 2.24) is 9.55 Å². The lowest BCUT2D eigenvalue weighted by Gasteiger charge is -2.13. The van der Waals surface area contributed by atoms with Gasteiger partial charge in [-0.15, -0.1) is 4.91 Å². The van der Waals surface area contributed by atoms with E-state index < -0.39 is 22.8 Å². The number of aromatic nitrogens is 2. The first-order chi connectivity index (χ1) is 10.0. The minimum atomic E-state index is -1.08. The zero-order valence-electron chi connectivity index (χ0n) is 11.1. The quantitative estimate of drug-likeness (QED) is 0.798. The molecule has 2 rings (SSSR count). The van der Waals surface area contributed by atoms with Crippen LogP contribution < -0.4 is 20.7 Å². The molecule has 0 saturated heterocycles. The van der Waals surface area contributed by atoms with Crippen LogP contribution in [0.2, 0.25) is 0 Å². The first-order valence-electron chi connectivity index (χ1n) is 5.67. The SMILES string of the molecule is COc1ccc(OC)c(-n2c(O)c(N=O)c(=O)[nH]c2=O)c1. The summed E-state index contributed by atoms with van der Waals surface area (Å²) in [4.78, 5) is 35.8. The third-order valence-electron chi connectivity index (χ3n) is 2.78. The van der Waals surface area contributed by atoms with E-state index in [0.717, 1.165) is 0 Å². The fourth-order valence-corrected chi connectivity index (χ4v) is 1.79. The highest BCUT2D eigenvalue weighted by Crippen LogP contribution is 2.31. The van der Waals surface area contributed by atoms with E-state index in [1.807, 2.05) is 4.98 Å². The molecule has 0 atom stereocenters.